The highest BCUT2D eigenvalue weighted by molar-refractivity contribution is 7.89. The standard InChI is InChI=1S/C11H17N3O4S/c1-3-18-11(15)9-4-5-10(14-8-9)13-6-7-19(16,17)12-2/h4-5,8,12H,3,6-7H2,1-2H3,(H,13,14). The highest BCUT2D eigenvalue weighted by Crippen LogP contribution is 2.06. The molecule has 1 rings (SSSR count). The van der Waals surface area contributed by atoms with E-state index >= 15 is 0 Å². The first-order valence-corrected chi connectivity index (χ1v) is 7.42. The Bertz CT molecular complexity index is 513. The van der Waals surface area contributed by atoms with Gasteiger partial charge in [-0.05, 0) is 26.1 Å². The van der Waals surface area contributed by atoms with Crippen LogP contribution in [0.2, 0.25) is 0 Å². The quantitative estimate of drug-likeness (QED) is 0.696. The third-order valence-electron chi connectivity index (χ3n) is 2.26. The minimum absolute atomic E-state index is 0.0508. The van der Waals surface area contributed by atoms with Gasteiger partial charge in [0.05, 0.1) is 17.9 Å². The zero-order valence-electron chi connectivity index (χ0n) is 10.8. The topological polar surface area (TPSA) is 97.4 Å². The van der Waals surface area contributed by atoms with E-state index in [2.05, 4.69) is 15.0 Å². The molecule has 1 heterocycles. The minimum atomic E-state index is -3.23. The molecule has 1 aromatic rings. The lowest BCUT2D eigenvalue weighted by Gasteiger charge is -2.06. The molecule has 0 unspecified atom stereocenters. The molecule has 19 heavy (non-hydrogen) atoms. The maximum atomic E-state index is 11.4. The fraction of sp³-hybridized carbons (Fsp3) is 0.455. The van der Waals surface area contributed by atoms with Gasteiger partial charge >= 0.3 is 5.97 Å². The van der Waals surface area contributed by atoms with Gasteiger partial charge in [0, 0.05) is 12.7 Å². The van der Waals surface area contributed by atoms with Crippen molar-refractivity contribution in [2.45, 2.75) is 6.92 Å². The lowest BCUT2D eigenvalue weighted by atomic mass is 10.3. The lowest BCUT2D eigenvalue weighted by Crippen LogP contribution is -2.26. The zero-order valence-corrected chi connectivity index (χ0v) is 11.7. The number of aromatic nitrogens is 1. The Labute approximate surface area is 112 Å². The lowest BCUT2D eigenvalue weighted by molar-refractivity contribution is 0.0526. The molecule has 0 atom stereocenters. The summed E-state index contributed by atoms with van der Waals surface area (Å²) in [5.74, 6) is 0.0174. The second-order valence-corrected chi connectivity index (χ2v) is 5.65. The Hall–Kier alpha value is -1.67. The van der Waals surface area contributed by atoms with Gasteiger partial charge < -0.3 is 10.1 Å². The van der Waals surface area contributed by atoms with Crippen LogP contribution < -0.4 is 10.0 Å². The van der Waals surface area contributed by atoms with E-state index in [4.69, 9.17) is 4.74 Å². The molecule has 0 saturated heterocycles. The van der Waals surface area contributed by atoms with Gasteiger partial charge in [-0.15, -0.1) is 0 Å². The number of hydrogen-bond donors (Lipinski definition) is 2. The third kappa shape index (κ3) is 5.23. The second-order valence-electron chi connectivity index (χ2n) is 3.60. The summed E-state index contributed by atoms with van der Waals surface area (Å²) in [6.07, 6.45) is 1.38. The Morgan fingerprint density at radius 2 is 2.16 bits per heavy atom. The summed E-state index contributed by atoms with van der Waals surface area (Å²) in [4.78, 5) is 15.4. The van der Waals surface area contributed by atoms with Crippen molar-refractivity contribution in [3.8, 4) is 0 Å². The van der Waals surface area contributed by atoms with Crippen LogP contribution in [-0.4, -0.2) is 45.3 Å². The molecule has 106 valence electrons. The van der Waals surface area contributed by atoms with Crippen molar-refractivity contribution in [1.29, 1.82) is 0 Å². The summed E-state index contributed by atoms with van der Waals surface area (Å²) in [6.45, 7) is 2.26. The first-order valence-electron chi connectivity index (χ1n) is 5.76. The van der Waals surface area contributed by atoms with Gasteiger partial charge in [-0.1, -0.05) is 0 Å². The summed E-state index contributed by atoms with van der Waals surface area (Å²) < 4.78 is 29.4. The molecule has 0 radical (unpaired) electrons. The average Bonchev–Trinajstić information content (AvgIpc) is 2.39. The van der Waals surface area contributed by atoms with Gasteiger partial charge in [-0.25, -0.2) is 22.9 Å². The Kier molecular flexibility index (Phi) is 5.71. The molecule has 0 saturated carbocycles. The Balaban J connectivity index is 2.51. The molecular weight excluding hydrogens is 270 g/mol. The molecule has 2 N–H and O–H groups in total. The first kappa shape index (κ1) is 15.4. The molecule has 0 spiro atoms. The maximum Gasteiger partial charge on any atom is 0.339 e. The Morgan fingerprint density at radius 1 is 1.42 bits per heavy atom. The molecule has 0 fully saturated rings. The summed E-state index contributed by atoms with van der Waals surface area (Å²) in [5.41, 5.74) is 0.357. The smallest absolute Gasteiger partial charge is 0.339 e. The number of nitrogens with one attached hydrogen (secondary N) is 2. The van der Waals surface area contributed by atoms with Gasteiger partial charge in [-0.2, -0.15) is 0 Å². The molecule has 8 heteroatoms. The van der Waals surface area contributed by atoms with E-state index in [-0.39, 0.29) is 12.3 Å². The van der Waals surface area contributed by atoms with Gasteiger partial charge in [0.1, 0.15) is 5.82 Å². The van der Waals surface area contributed by atoms with E-state index in [1.54, 1.807) is 19.1 Å². The van der Waals surface area contributed by atoms with Crippen LogP contribution in [0.15, 0.2) is 18.3 Å². The van der Waals surface area contributed by atoms with Crippen molar-refractivity contribution in [3.05, 3.63) is 23.9 Å². The predicted octanol–water partition coefficient (Wildman–Crippen LogP) is 0.219. The fourth-order valence-corrected chi connectivity index (χ4v) is 1.82. The van der Waals surface area contributed by atoms with Crippen molar-refractivity contribution in [3.63, 3.8) is 0 Å². The fourth-order valence-electron chi connectivity index (χ4n) is 1.25. The number of carbonyl (C=O) groups excluding carboxylic acids is 1. The summed E-state index contributed by atoms with van der Waals surface area (Å²) in [5, 5.41) is 2.85. The number of nitrogens with zero attached hydrogens (tertiary/aromatic N) is 1. The Morgan fingerprint density at radius 3 is 2.68 bits per heavy atom. The molecular formula is C11H17N3O4S. The van der Waals surface area contributed by atoms with E-state index in [1.807, 2.05) is 0 Å². The van der Waals surface area contributed by atoms with Crippen molar-refractivity contribution in [2.75, 3.05) is 31.3 Å². The summed E-state index contributed by atoms with van der Waals surface area (Å²) in [6, 6.07) is 3.16. The predicted molar refractivity (Wildman–Crippen MR) is 71.5 cm³/mol. The molecule has 7 nitrogen and oxygen atoms in total. The van der Waals surface area contributed by atoms with Crippen LogP contribution >= 0.6 is 0 Å². The highest BCUT2D eigenvalue weighted by atomic mass is 32.2. The molecule has 0 bridgehead atoms. The monoisotopic (exact) mass is 287 g/mol. The number of esters is 1. The van der Waals surface area contributed by atoms with Crippen molar-refractivity contribution >= 4 is 21.8 Å². The number of anilines is 1. The number of carbonyl (C=O) groups is 1. The molecule has 0 aromatic carbocycles. The summed E-state index contributed by atoms with van der Waals surface area (Å²) in [7, 11) is -1.87. The van der Waals surface area contributed by atoms with Crippen LogP contribution in [0.1, 0.15) is 17.3 Å². The normalized spacial score (nSPS) is 11.1. The van der Waals surface area contributed by atoms with Crippen LogP contribution in [0.3, 0.4) is 0 Å². The van der Waals surface area contributed by atoms with Crippen molar-refractivity contribution < 1.29 is 17.9 Å². The zero-order chi connectivity index (χ0) is 14.3. The van der Waals surface area contributed by atoms with Crippen LogP contribution in [0, 0.1) is 0 Å². The van der Waals surface area contributed by atoms with Gasteiger partial charge in [0.2, 0.25) is 10.0 Å². The largest absolute Gasteiger partial charge is 0.462 e. The van der Waals surface area contributed by atoms with Crippen LogP contribution in [-0.2, 0) is 14.8 Å². The summed E-state index contributed by atoms with van der Waals surface area (Å²) >= 11 is 0. The van der Waals surface area contributed by atoms with E-state index in [0.29, 0.717) is 18.0 Å². The van der Waals surface area contributed by atoms with Crippen molar-refractivity contribution in [2.24, 2.45) is 0 Å². The average molecular weight is 287 g/mol. The van der Waals surface area contributed by atoms with Gasteiger partial charge in [-0.3, -0.25) is 0 Å². The first-order chi connectivity index (χ1) is 8.98. The molecule has 0 aliphatic heterocycles. The number of sulfonamides is 1. The maximum absolute atomic E-state index is 11.4. The molecule has 0 amide bonds. The third-order valence-corrected chi connectivity index (χ3v) is 3.63. The molecule has 1 aromatic heterocycles. The second kappa shape index (κ2) is 7.05. The minimum Gasteiger partial charge on any atom is -0.462 e. The van der Waals surface area contributed by atoms with Crippen LogP contribution in [0.5, 0.6) is 0 Å². The van der Waals surface area contributed by atoms with E-state index in [0.717, 1.165) is 0 Å². The van der Waals surface area contributed by atoms with Crippen LogP contribution in [0.25, 0.3) is 0 Å². The number of hydrogen-bond acceptors (Lipinski definition) is 6. The molecule has 0 aliphatic rings. The van der Waals surface area contributed by atoms with Crippen molar-refractivity contribution in [1.82, 2.24) is 9.71 Å². The number of pyridine rings is 1. The molecule has 0 aliphatic carbocycles. The van der Waals surface area contributed by atoms with Gasteiger partial charge in [0.15, 0.2) is 0 Å². The van der Waals surface area contributed by atoms with E-state index < -0.39 is 16.0 Å². The highest BCUT2D eigenvalue weighted by Gasteiger charge is 2.08. The van der Waals surface area contributed by atoms with Crippen LogP contribution in [0.4, 0.5) is 5.82 Å². The van der Waals surface area contributed by atoms with E-state index in [9.17, 15) is 13.2 Å². The van der Waals surface area contributed by atoms with Gasteiger partial charge in [0.25, 0.3) is 0 Å². The van der Waals surface area contributed by atoms with E-state index in [1.165, 1.54) is 13.2 Å². The number of ether oxygens (including phenoxy) is 1. The SMILES string of the molecule is CCOC(=O)c1ccc(NCCS(=O)(=O)NC)nc1. The number of rotatable bonds is 7.